The van der Waals surface area contributed by atoms with Crippen molar-refractivity contribution < 1.29 is 19.3 Å². The second-order valence-corrected chi connectivity index (χ2v) is 9.84. The summed E-state index contributed by atoms with van der Waals surface area (Å²) in [5, 5.41) is 13.5. The van der Waals surface area contributed by atoms with Crippen molar-refractivity contribution in [3.8, 4) is 0 Å². The fourth-order valence-corrected chi connectivity index (χ4v) is 4.66. The van der Waals surface area contributed by atoms with Crippen LogP contribution >= 0.6 is 22.9 Å². The van der Waals surface area contributed by atoms with E-state index in [0.717, 1.165) is 10.9 Å². The first kappa shape index (κ1) is 24.7. The van der Waals surface area contributed by atoms with Gasteiger partial charge < -0.3 is 15.1 Å². The van der Waals surface area contributed by atoms with Crippen molar-refractivity contribution in [1.29, 1.82) is 0 Å². The number of thiophene rings is 1. The smallest absolute Gasteiger partial charge is 0.270 e. The lowest BCUT2D eigenvalue weighted by Gasteiger charge is -2.37. The number of hydrogen-bond donors (Lipinski definition) is 1. The van der Waals surface area contributed by atoms with Gasteiger partial charge in [-0.2, -0.15) is 0 Å². The van der Waals surface area contributed by atoms with Gasteiger partial charge in [-0.1, -0.05) is 25.4 Å². The van der Waals surface area contributed by atoms with Crippen LogP contribution in [0.3, 0.4) is 0 Å². The van der Waals surface area contributed by atoms with Crippen molar-refractivity contribution in [2.24, 2.45) is 5.92 Å². The van der Waals surface area contributed by atoms with Crippen LogP contribution in [0.5, 0.6) is 0 Å². The lowest BCUT2D eigenvalue weighted by atomic mass is 10.0. The zero-order chi connectivity index (χ0) is 24.3. The molecule has 1 unspecified atom stereocenters. The van der Waals surface area contributed by atoms with E-state index in [-0.39, 0.29) is 34.0 Å². The Morgan fingerprint density at radius 2 is 1.73 bits per heavy atom. The molecule has 2 heterocycles. The van der Waals surface area contributed by atoms with Crippen LogP contribution in [0.2, 0.25) is 5.02 Å². The van der Waals surface area contributed by atoms with Gasteiger partial charge in [0.2, 0.25) is 5.91 Å². The third kappa shape index (κ3) is 5.69. The largest absolute Gasteiger partial charge is 0.340 e. The molecular formula is C22H25ClN4O5S. The molecule has 0 aliphatic carbocycles. The number of halogens is 1. The first-order valence-corrected chi connectivity index (χ1v) is 11.7. The molecule has 33 heavy (non-hydrogen) atoms. The summed E-state index contributed by atoms with van der Waals surface area (Å²) in [6.45, 7) is 7.14. The Hall–Kier alpha value is -2.98. The predicted octanol–water partition coefficient (Wildman–Crippen LogP) is 3.36. The fourth-order valence-electron chi connectivity index (χ4n) is 3.57. The standard InChI is InChI=1S/C22H25ClN4O5S/c1-13(2)19(24-20(28)16-6-5-15(27(31)32)12-17(16)23)22(30)26-10-8-25(9-11-26)21(29)18-7-4-14(3)33-18/h4-7,12-13,19H,8-11H2,1-3H3,(H,24,28). The number of nitro groups is 1. The van der Waals surface area contributed by atoms with Gasteiger partial charge in [-0.05, 0) is 31.0 Å². The molecule has 0 bridgehead atoms. The second kappa shape index (κ2) is 10.3. The Labute approximate surface area is 200 Å². The summed E-state index contributed by atoms with van der Waals surface area (Å²) in [6, 6.07) is 6.49. The van der Waals surface area contributed by atoms with Crippen molar-refractivity contribution in [2.75, 3.05) is 26.2 Å². The van der Waals surface area contributed by atoms with Crippen LogP contribution in [-0.2, 0) is 4.79 Å². The summed E-state index contributed by atoms with van der Waals surface area (Å²) < 4.78 is 0. The molecular weight excluding hydrogens is 468 g/mol. The summed E-state index contributed by atoms with van der Waals surface area (Å²) in [7, 11) is 0. The van der Waals surface area contributed by atoms with Crippen LogP contribution in [0, 0.1) is 23.0 Å². The molecule has 11 heteroatoms. The Balaban J connectivity index is 1.64. The number of rotatable bonds is 6. The van der Waals surface area contributed by atoms with E-state index in [1.165, 1.54) is 23.5 Å². The summed E-state index contributed by atoms with van der Waals surface area (Å²) in [5.74, 6) is -1.06. The van der Waals surface area contributed by atoms with Gasteiger partial charge in [0.25, 0.3) is 17.5 Å². The summed E-state index contributed by atoms with van der Waals surface area (Å²) in [5.41, 5.74) is -0.166. The minimum absolute atomic E-state index is 0.0401. The van der Waals surface area contributed by atoms with Gasteiger partial charge >= 0.3 is 0 Å². The molecule has 0 radical (unpaired) electrons. The SMILES string of the molecule is Cc1ccc(C(=O)N2CCN(C(=O)C(NC(=O)c3ccc([N+](=O)[O-])cc3Cl)C(C)C)CC2)s1. The van der Waals surface area contributed by atoms with Gasteiger partial charge in [0.15, 0.2) is 0 Å². The quantitative estimate of drug-likeness (QED) is 0.490. The van der Waals surface area contributed by atoms with Crippen molar-refractivity contribution in [2.45, 2.75) is 26.8 Å². The Kier molecular flexibility index (Phi) is 7.70. The normalized spacial score (nSPS) is 14.8. The van der Waals surface area contributed by atoms with Gasteiger partial charge in [0, 0.05) is 43.2 Å². The number of amides is 3. The van der Waals surface area contributed by atoms with E-state index in [9.17, 15) is 24.5 Å². The number of benzene rings is 1. The van der Waals surface area contributed by atoms with Crippen LogP contribution < -0.4 is 5.32 Å². The zero-order valence-electron chi connectivity index (χ0n) is 18.5. The minimum atomic E-state index is -0.800. The molecule has 1 aliphatic heterocycles. The highest BCUT2D eigenvalue weighted by Crippen LogP contribution is 2.23. The fraction of sp³-hybridized carbons (Fsp3) is 0.409. The van der Waals surface area contributed by atoms with Gasteiger partial charge in [0.05, 0.1) is 20.4 Å². The first-order valence-electron chi connectivity index (χ1n) is 10.5. The average molecular weight is 493 g/mol. The third-order valence-electron chi connectivity index (χ3n) is 5.46. The topological polar surface area (TPSA) is 113 Å². The number of hydrogen-bond acceptors (Lipinski definition) is 6. The number of piperazine rings is 1. The molecule has 2 aromatic rings. The average Bonchev–Trinajstić information content (AvgIpc) is 3.22. The molecule has 3 rings (SSSR count). The molecule has 1 saturated heterocycles. The van der Waals surface area contributed by atoms with Crippen molar-refractivity contribution in [1.82, 2.24) is 15.1 Å². The molecule has 9 nitrogen and oxygen atoms in total. The zero-order valence-corrected chi connectivity index (χ0v) is 20.1. The molecule has 1 aromatic heterocycles. The molecule has 1 aromatic carbocycles. The number of carbonyl (C=O) groups excluding carboxylic acids is 3. The number of nitrogens with one attached hydrogen (secondary N) is 1. The molecule has 1 aliphatic rings. The van der Waals surface area contributed by atoms with E-state index in [0.29, 0.717) is 31.1 Å². The molecule has 1 fully saturated rings. The molecule has 1 N–H and O–H groups in total. The number of nitro benzene ring substituents is 1. The van der Waals surface area contributed by atoms with Crippen LogP contribution in [-0.4, -0.2) is 64.7 Å². The molecule has 0 saturated carbocycles. The van der Waals surface area contributed by atoms with E-state index in [1.54, 1.807) is 9.80 Å². The summed E-state index contributed by atoms with van der Waals surface area (Å²) >= 11 is 7.51. The maximum Gasteiger partial charge on any atom is 0.270 e. The molecule has 3 amide bonds. The Bertz CT molecular complexity index is 1080. The Morgan fingerprint density at radius 3 is 2.24 bits per heavy atom. The van der Waals surface area contributed by atoms with E-state index < -0.39 is 16.9 Å². The van der Waals surface area contributed by atoms with E-state index >= 15 is 0 Å². The van der Waals surface area contributed by atoms with Crippen molar-refractivity contribution >= 4 is 46.3 Å². The summed E-state index contributed by atoms with van der Waals surface area (Å²) in [6.07, 6.45) is 0. The van der Waals surface area contributed by atoms with Crippen LogP contribution in [0.15, 0.2) is 30.3 Å². The predicted molar refractivity (Wildman–Crippen MR) is 126 cm³/mol. The van der Waals surface area contributed by atoms with E-state index in [2.05, 4.69) is 5.32 Å². The molecule has 1 atom stereocenters. The summed E-state index contributed by atoms with van der Waals surface area (Å²) in [4.78, 5) is 54.0. The maximum absolute atomic E-state index is 13.2. The number of non-ortho nitro benzene ring substituents is 1. The Morgan fingerprint density at radius 1 is 1.09 bits per heavy atom. The number of aryl methyl sites for hydroxylation is 1. The highest BCUT2D eigenvalue weighted by molar-refractivity contribution is 7.13. The van der Waals surface area contributed by atoms with Gasteiger partial charge in [0.1, 0.15) is 6.04 Å². The number of carbonyl (C=O) groups is 3. The van der Waals surface area contributed by atoms with E-state index in [1.807, 2.05) is 32.9 Å². The van der Waals surface area contributed by atoms with Gasteiger partial charge in [-0.15, -0.1) is 11.3 Å². The molecule has 0 spiro atoms. The lowest BCUT2D eigenvalue weighted by Crippen LogP contribution is -2.57. The van der Waals surface area contributed by atoms with Crippen molar-refractivity contribution in [3.63, 3.8) is 0 Å². The van der Waals surface area contributed by atoms with Crippen LogP contribution in [0.25, 0.3) is 0 Å². The second-order valence-electron chi connectivity index (χ2n) is 8.14. The highest BCUT2D eigenvalue weighted by atomic mass is 35.5. The first-order chi connectivity index (χ1) is 15.6. The number of nitrogens with zero attached hydrogens (tertiary/aromatic N) is 3. The third-order valence-corrected chi connectivity index (χ3v) is 6.76. The van der Waals surface area contributed by atoms with Gasteiger partial charge in [-0.25, -0.2) is 0 Å². The van der Waals surface area contributed by atoms with Crippen LogP contribution in [0.4, 0.5) is 5.69 Å². The van der Waals surface area contributed by atoms with Gasteiger partial charge in [-0.3, -0.25) is 24.5 Å². The highest BCUT2D eigenvalue weighted by Gasteiger charge is 2.32. The minimum Gasteiger partial charge on any atom is -0.340 e. The maximum atomic E-state index is 13.2. The van der Waals surface area contributed by atoms with Crippen LogP contribution in [0.1, 0.15) is 38.8 Å². The molecule has 176 valence electrons. The lowest BCUT2D eigenvalue weighted by molar-refractivity contribution is -0.384. The monoisotopic (exact) mass is 492 g/mol. The van der Waals surface area contributed by atoms with E-state index in [4.69, 9.17) is 11.6 Å². The van der Waals surface area contributed by atoms with Crippen molar-refractivity contribution in [3.05, 3.63) is 60.8 Å².